The third-order valence-electron chi connectivity index (χ3n) is 5.25. The van der Waals surface area contributed by atoms with Gasteiger partial charge in [-0.15, -0.1) is 0 Å². The zero-order valence-electron chi connectivity index (χ0n) is 13.6. The van der Waals surface area contributed by atoms with Crippen LogP contribution < -0.4 is 5.32 Å². The summed E-state index contributed by atoms with van der Waals surface area (Å²) in [4.78, 5) is 15.1. The SMILES string of the molecule is O=C1Nc2ccccc2CC12CCCN(Cc1ccc(F)cc1)C2. The van der Waals surface area contributed by atoms with Gasteiger partial charge in [0.05, 0.1) is 5.41 Å². The number of benzene rings is 2. The molecule has 2 heterocycles. The number of halogens is 1. The van der Waals surface area contributed by atoms with Crippen LogP contribution in [0.4, 0.5) is 10.1 Å². The van der Waals surface area contributed by atoms with E-state index in [1.165, 1.54) is 17.7 Å². The van der Waals surface area contributed by atoms with Crippen LogP contribution in [0.15, 0.2) is 48.5 Å². The predicted octanol–water partition coefficient (Wildman–Crippen LogP) is 3.60. The van der Waals surface area contributed by atoms with Crippen molar-refractivity contribution in [1.29, 1.82) is 0 Å². The summed E-state index contributed by atoms with van der Waals surface area (Å²) >= 11 is 0. The van der Waals surface area contributed by atoms with E-state index >= 15 is 0 Å². The van der Waals surface area contributed by atoms with Gasteiger partial charge in [-0.2, -0.15) is 0 Å². The average Bonchev–Trinajstić information content (AvgIpc) is 2.58. The molecule has 1 fully saturated rings. The Bertz CT molecular complexity index is 758. The molecule has 0 aromatic heterocycles. The lowest BCUT2D eigenvalue weighted by Gasteiger charge is -2.44. The summed E-state index contributed by atoms with van der Waals surface area (Å²) in [6.45, 7) is 2.50. The molecule has 0 aliphatic carbocycles. The van der Waals surface area contributed by atoms with Gasteiger partial charge >= 0.3 is 0 Å². The number of likely N-dealkylation sites (tertiary alicyclic amines) is 1. The van der Waals surface area contributed by atoms with Crippen molar-refractivity contribution in [2.75, 3.05) is 18.4 Å². The molecule has 0 radical (unpaired) electrons. The topological polar surface area (TPSA) is 32.3 Å². The second-order valence-corrected chi connectivity index (χ2v) is 7.01. The highest BCUT2D eigenvalue weighted by atomic mass is 19.1. The van der Waals surface area contributed by atoms with Crippen molar-refractivity contribution in [2.45, 2.75) is 25.8 Å². The highest BCUT2D eigenvalue weighted by Gasteiger charge is 2.44. The van der Waals surface area contributed by atoms with Crippen molar-refractivity contribution in [1.82, 2.24) is 4.90 Å². The molecule has 1 amide bonds. The Labute approximate surface area is 141 Å². The maximum Gasteiger partial charge on any atom is 0.232 e. The molecule has 1 spiro atoms. The van der Waals surface area contributed by atoms with E-state index in [1.807, 2.05) is 30.3 Å². The molecule has 124 valence electrons. The molecule has 2 aliphatic heterocycles. The van der Waals surface area contributed by atoms with Crippen molar-refractivity contribution in [3.63, 3.8) is 0 Å². The first kappa shape index (κ1) is 15.3. The molecule has 0 saturated carbocycles. The second-order valence-electron chi connectivity index (χ2n) is 7.01. The van der Waals surface area contributed by atoms with E-state index in [-0.39, 0.29) is 17.1 Å². The van der Waals surface area contributed by atoms with Crippen molar-refractivity contribution in [2.24, 2.45) is 5.41 Å². The number of carbonyl (C=O) groups excluding carboxylic acids is 1. The summed E-state index contributed by atoms with van der Waals surface area (Å²) in [6.07, 6.45) is 2.73. The Hall–Kier alpha value is -2.20. The van der Waals surface area contributed by atoms with E-state index in [1.54, 1.807) is 0 Å². The molecule has 1 N–H and O–H groups in total. The minimum atomic E-state index is -0.341. The molecule has 24 heavy (non-hydrogen) atoms. The van der Waals surface area contributed by atoms with Crippen LogP contribution in [-0.4, -0.2) is 23.9 Å². The zero-order chi connectivity index (χ0) is 16.6. The molecule has 0 bridgehead atoms. The van der Waals surface area contributed by atoms with E-state index in [4.69, 9.17) is 0 Å². The van der Waals surface area contributed by atoms with E-state index in [0.717, 1.165) is 50.1 Å². The van der Waals surface area contributed by atoms with Gasteiger partial charge < -0.3 is 5.32 Å². The number of nitrogens with zero attached hydrogens (tertiary/aromatic N) is 1. The molecule has 3 nitrogen and oxygen atoms in total. The Morgan fingerprint density at radius 3 is 2.75 bits per heavy atom. The van der Waals surface area contributed by atoms with Crippen molar-refractivity contribution >= 4 is 11.6 Å². The molecular weight excluding hydrogens is 303 g/mol. The van der Waals surface area contributed by atoms with Crippen LogP contribution in [0, 0.1) is 11.2 Å². The highest BCUT2D eigenvalue weighted by Crippen LogP contribution is 2.40. The standard InChI is InChI=1S/C20H21FN2O/c21-17-8-6-15(7-9-17)13-23-11-3-10-20(14-23)12-16-4-1-2-5-18(16)22-19(20)24/h1-2,4-9H,3,10-14H2,(H,22,24). The maximum absolute atomic E-state index is 13.1. The zero-order valence-corrected chi connectivity index (χ0v) is 13.6. The smallest absolute Gasteiger partial charge is 0.232 e. The van der Waals surface area contributed by atoms with Gasteiger partial charge in [-0.25, -0.2) is 4.39 Å². The number of rotatable bonds is 2. The Kier molecular flexibility index (Phi) is 3.85. The van der Waals surface area contributed by atoms with E-state index in [0.29, 0.717) is 0 Å². The Morgan fingerprint density at radius 1 is 1.12 bits per heavy atom. The van der Waals surface area contributed by atoms with Gasteiger partial charge in [-0.3, -0.25) is 9.69 Å². The lowest BCUT2D eigenvalue weighted by molar-refractivity contribution is -0.129. The van der Waals surface area contributed by atoms with E-state index < -0.39 is 0 Å². The van der Waals surface area contributed by atoms with Gasteiger partial charge in [0.2, 0.25) is 5.91 Å². The average molecular weight is 324 g/mol. The normalized spacial score (nSPS) is 23.8. The maximum atomic E-state index is 13.1. The third kappa shape index (κ3) is 2.82. The van der Waals surface area contributed by atoms with Gasteiger partial charge in [0.25, 0.3) is 0 Å². The number of carbonyl (C=O) groups is 1. The minimum absolute atomic E-state index is 0.144. The number of para-hydroxylation sites is 1. The van der Waals surface area contributed by atoms with Crippen LogP contribution in [0.5, 0.6) is 0 Å². The fourth-order valence-corrected chi connectivity index (χ4v) is 4.04. The number of hydrogen-bond donors (Lipinski definition) is 1. The first-order valence-corrected chi connectivity index (χ1v) is 8.51. The minimum Gasteiger partial charge on any atom is -0.325 e. The number of anilines is 1. The molecule has 1 saturated heterocycles. The fourth-order valence-electron chi connectivity index (χ4n) is 4.04. The van der Waals surface area contributed by atoms with Gasteiger partial charge in [0.15, 0.2) is 0 Å². The molecule has 2 aromatic carbocycles. The summed E-state index contributed by atoms with van der Waals surface area (Å²) < 4.78 is 13.1. The van der Waals surface area contributed by atoms with Crippen LogP contribution >= 0.6 is 0 Å². The van der Waals surface area contributed by atoms with Gasteiger partial charge in [-0.05, 0) is 55.1 Å². The monoisotopic (exact) mass is 324 g/mol. The van der Waals surface area contributed by atoms with Crippen LogP contribution in [0.1, 0.15) is 24.0 Å². The number of fused-ring (bicyclic) bond motifs is 1. The Morgan fingerprint density at radius 2 is 1.92 bits per heavy atom. The van der Waals surface area contributed by atoms with Crippen molar-refractivity contribution in [3.05, 3.63) is 65.5 Å². The summed E-state index contributed by atoms with van der Waals surface area (Å²) in [5, 5.41) is 3.10. The summed E-state index contributed by atoms with van der Waals surface area (Å²) in [7, 11) is 0. The Balaban J connectivity index is 1.54. The summed E-state index contributed by atoms with van der Waals surface area (Å²) in [6, 6.07) is 14.7. The molecule has 1 atom stereocenters. The molecule has 1 unspecified atom stereocenters. The number of hydrogen-bond acceptors (Lipinski definition) is 2. The van der Waals surface area contributed by atoms with Crippen LogP contribution in [-0.2, 0) is 17.8 Å². The second kappa shape index (κ2) is 6.02. The van der Waals surface area contributed by atoms with Crippen molar-refractivity contribution < 1.29 is 9.18 Å². The molecule has 4 rings (SSSR count). The molecular formula is C20H21FN2O. The van der Waals surface area contributed by atoms with Crippen molar-refractivity contribution in [3.8, 4) is 0 Å². The summed E-state index contributed by atoms with van der Waals surface area (Å²) in [5.41, 5.74) is 2.92. The first-order valence-electron chi connectivity index (χ1n) is 8.51. The summed E-state index contributed by atoms with van der Waals surface area (Å²) in [5.74, 6) is -0.0675. The predicted molar refractivity (Wildman–Crippen MR) is 92.1 cm³/mol. The largest absolute Gasteiger partial charge is 0.325 e. The molecule has 4 heteroatoms. The van der Waals surface area contributed by atoms with E-state index in [2.05, 4.69) is 16.3 Å². The fraction of sp³-hybridized carbons (Fsp3) is 0.350. The number of amides is 1. The quantitative estimate of drug-likeness (QED) is 0.915. The van der Waals surface area contributed by atoms with Crippen LogP contribution in [0.2, 0.25) is 0 Å². The van der Waals surface area contributed by atoms with Gasteiger partial charge in [0.1, 0.15) is 5.82 Å². The number of piperidine rings is 1. The lowest BCUT2D eigenvalue weighted by atomic mass is 9.72. The lowest BCUT2D eigenvalue weighted by Crippen LogP contribution is -2.52. The molecule has 2 aliphatic rings. The number of nitrogens with one attached hydrogen (secondary N) is 1. The first-order chi connectivity index (χ1) is 11.6. The van der Waals surface area contributed by atoms with Crippen LogP contribution in [0.3, 0.4) is 0 Å². The van der Waals surface area contributed by atoms with Crippen LogP contribution in [0.25, 0.3) is 0 Å². The highest BCUT2D eigenvalue weighted by molar-refractivity contribution is 5.98. The third-order valence-corrected chi connectivity index (χ3v) is 5.25. The van der Waals surface area contributed by atoms with Gasteiger partial charge in [0, 0.05) is 18.8 Å². The van der Waals surface area contributed by atoms with E-state index in [9.17, 15) is 9.18 Å². The van der Waals surface area contributed by atoms with Gasteiger partial charge in [-0.1, -0.05) is 30.3 Å². The molecule has 2 aromatic rings.